The zero-order valence-electron chi connectivity index (χ0n) is 9.01. The lowest BCUT2D eigenvalue weighted by molar-refractivity contribution is 0.0993. The lowest BCUT2D eigenvalue weighted by Crippen LogP contribution is -2.03. The zero-order chi connectivity index (χ0) is 11.7. The van der Waals surface area contributed by atoms with Crippen LogP contribution in [0.3, 0.4) is 0 Å². The van der Waals surface area contributed by atoms with Gasteiger partial charge in [-0.3, -0.25) is 4.79 Å². The van der Waals surface area contributed by atoms with Crippen molar-refractivity contribution in [1.82, 2.24) is 9.97 Å². The molecule has 1 aromatic carbocycles. The fraction of sp³-hybridized carbons (Fsp3) is 0.0769. The number of imidazole rings is 1. The van der Waals surface area contributed by atoms with Crippen LogP contribution < -0.4 is 0 Å². The van der Waals surface area contributed by atoms with E-state index in [-0.39, 0.29) is 5.78 Å². The van der Waals surface area contributed by atoms with Gasteiger partial charge >= 0.3 is 0 Å². The van der Waals surface area contributed by atoms with Crippen LogP contribution in [0.4, 0.5) is 0 Å². The number of benzene rings is 1. The van der Waals surface area contributed by atoms with E-state index in [1.807, 2.05) is 29.6 Å². The maximum absolute atomic E-state index is 12.1. The molecule has 0 saturated heterocycles. The molecule has 0 unspecified atom stereocenters. The number of fused-ring (bicyclic) bond motifs is 1. The van der Waals surface area contributed by atoms with Gasteiger partial charge in [-0.1, -0.05) is 18.2 Å². The highest BCUT2D eigenvalue weighted by Gasteiger charge is 2.13. The number of nitrogens with one attached hydrogen (secondary N) is 1. The first-order valence-electron chi connectivity index (χ1n) is 5.32. The number of aromatic nitrogens is 2. The fourth-order valence-electron chi connectivity index (χ4n) is 1.84. The third kappa shape index (κ3) is 1.87. The first kappa shape index (κ1) is 10.2. The van der Waals surface area contributed by atoms with Gasteiger partial charge < -0.3 is 4.98 Å². The van der Waals surface area contributed by atoms with E-state index in [2.05, 4.69) is 9.97 Å². The fourth-order valence-corrected chi connectivity index (χ4v) is 2.80. The predicted octanol–water partition coefficient (Wildman–Crippen LogP) is 3.05. The van der Waals surface area contributed by atoms with Crippen LogP contribution in [0.1, 0.15) is 16.2 Å². The Balaban J connectivity index is 1.96. The molecule has 3 aromatic rings. The number of hydrogen-bond donors (Lipinski definition) is 1. The van der Waals surface area contributed by atoms with Gasteiger partial charge in [-0.25, -0.2) is 4.98 Å². The second-order valence-electron chi connectivity index (χ2n) is 3.78. The van der Waals surface area contributed by atoms with Crippen LogP contribution in [0.15, 0.2) is 42.0 Å². The molecule has 0 radical (unpaired) electrons. The molecule has 17 heavy (non-hydrogen) atoms. The second-order valence-corrected chi connectivity index (χ2v) is 4.69. The summed E-state index contributed by atoms with van der Waals surface area (Å²) in [6, 6.07) is 7.96. The van der Waals surface area contributed by atoms with E-state index in [1.165, 1.54) is 0 Å². The summed E-state index contributed by atoms with van der Waals surface area (Å²) in [7, 11) is 0. The number of Topliss-reactive ketones (excluding diaryl/α,β-unsaturated/α-hetero) is 1. The number of hydrogen-bond acceptors (Lipinski definition) is 3. The third-order valence-corrected chi connectivity index (χ3v) is 3.63. The van der Waals surface area contributed by atoms with Crippen LogP contribution in [0.2, 0.25) is 0 Å². The predicted molar refractivity (Wildman–Crippen MR) is 68.4 cm³/mol. The smallest absolute Gasteiger partial charge is 0.171 e. The summed E-state index contributed by atoms with van der Waals surface area (Å²) >= 11 is 1.60. The maximum atomic E-state index is 12.1. The monoisotopic (exact) mass is 242 g/mol. The molecule has 1 N–H and O–H groups in total. The first-order valence-corrected chi connectivity index (χ1v) is 6.20. The van der Waals surface area contributed by atoms with Crippen molar-refractivity contribution in [1.29, 1.82) is 0 Å². The second kappa shape index (κ2) is 4.14. The number of carbonyl (C=O) groups is 1. The van der Waals surface area contributed by atoms with Crippen molar-refractivity contribution in [2.75, 3.05) is 0 Å². The van der Waals surface area contributed by atoms with Gasteiger partial charge in [-0.05, 0) is 6.07 Å². The van der Waals surface area contributed by atoms with Gasteiger partial charge in [0.15, 0.2) is 5.78 Å². The van der Waals surface area contributed by atoms with Crippen LogP contribution in [-0.2, 0) is 6.42 Å². The van der Waals surface area contributed by atoms with E-state index in [0.29, 0.717) is 12.2 Å². The minimum atomic E-state index is 0.109. The van der Waals surface area contributed by atoms with Gasteiger partial charge in [0, 0.05) is 33.4 Å². The molecule has 84 valence electrons. The molecule has 3 rings (SSSR count). The summed E-state index contributed by atoms with van der Waals surface area (Å²) in [5.41, 5.74) is 0.794. The van der Waals surface area contributed by atoms with Gasteiger partial charge in [0.1, 0.15) is 5.82 Å². The normalized spacial score (nSPS) is 10.8. The van der Waals surface area contributed by atoms with Crippen molar-refractivity contribution >= 4 is 27.2 Å². The Hall–Kier alpha value is -1.94. The van der Waals surface area contributed by atoms with E-state index in [4.69, 9.17) is 0 Å². The zero-order valence-corrected chi connectivity index (χ0v) is 9.83. The van der Waals surface area contributed by atoms with Crippen LogP contribution >= 0.6 is 11.3 Å². The number of H-pyrrole nitrogens is 1. The highest BCUT2D eigenvalue weighted by atomic mass is 32.1. The van der Waals surface area contributed by atoms with Crippen molar-refractivity contribution in [2.24, 2.45) is 0 Å². The third-order valence-electron chi connectivity index (χ3n) is 2.66. The van der Waals surface area contributed by atoms with E-state index >= 15 is 0 Å². The summed E-state index contributed by atoms with van der Waals surface area (Å²) in [6.07, 6.45) is 3.72. The number of aromatic amines is 1. The molecular weight excluding hydrogens is 232 g/mol. The number of thiophene rings is 1. The summed E-state index contributed by atoms with van der Waals surface area (Å²) in [4.78, 5) is 19.2. The Labute approximate surface area is 102 Å². The lowest BCUT2D eigenvalue weighted by Gasteiger charge is -1.97. The Bertz CT molecular complexity index is 655. The van der Waals surface area contributed by atoms with Gasteiger partial charge in [0.25, 0.3) is 0 Å². The van der Waals surface area contributed by atoms with E-state index in [9.17, 15) is 4.79 Å². The number of ketones is 1. The summed E-state index contributed by atoms with van der Waals surface area (Å²) in [5.74, 6) is 0.822. The molecule has 2 heterocycles. The quantitative estimate of drug-likeness (QED) is 0.717. The maximum Gasteiger partial charge on any atom is 0.171 e. The molecule has 0 aliphatic rings. The molecular formula is C13H10N2OS. The first-order chi connectivity index (χ1) is 8.34. The van der Waals surface area contributed by atoms with E-state index in [0.717, 1.165) is 15.6 Å². The highest BCUT2D eigenvalue weighted by molar-refractivity contribution is 7.17. The molecule has 4 heteroatoms. The Morgan fingerprint density at radius 3 is 3.06 bits per heavy atom. The van der Waals surface area contributed by atoms with Crippen molar-refractivity contribution in [3.8, 4) is 0 Å². The average molecular weight is 242 g/mol. The molecule has 0 aliphatic carbocycles. The van der Waals surface area contributed by atoms with Crippen LogP contribution in [0, 0.1) is 0 Å². The minimum absolute atomic E-state index is 0.109. The standard InChI is InChI=1S/C13H10N2OS/c16-11(7-13-14-5-6-15-13)10-8-17-12-4-2-1-3-9(10)12/h1-6,8H,7H2,(H,14,15). The molecule has 2 aromatic heterocycles. The van der Waals surface area contributed by atoms with Crippen molar-refractivity contribution in [3.63, 3.8) is 0 Å². The molecule has 0 fully saturated rings. The largest absolute Gasteiger partial charge is 0.348 e. The van der Waals surface area contributed by atoms with Gasteiger partial charge in [-0.2, -0.15) is 0 Å². The Morgan fingerprint density at radius 2 is 2.24 bits per heavy atom. The van der Waals surface area contributed by atoms with E-state index < -0.39 is 0 Å². The van der Waals surface area contributed by atoms with Crippen LogP contribution in [0.5, 0.6) is 0 Å². The number of nitrogens with zero attached hydrogens (tertiary/aromatic N) is 1. The van der Waals surface area contributed by atoms with Crippen LogP contribution in [0.25, 0.3) is 10.1 Å². The lowest BCUT2D eigenvalue weighted by atomic mass is 10.1. The van der Waals surface area contributed by atoms with Crippen molar-refractivity contribution in [3.05, 3.63) is 53.4 Å². The summed E-state index contributed by atoms with van der Waals surface area (Å²) in [6.45, 7) is 0. The molecule has 0 spiro atoms. The Morgan fingerprint density at radius 1 is 1.35 bits per heavy atom. The summed E-state index contributed by atoms with van der Waals surface area (Å²) < 4.78 is 1.15. The number of carbonyl (C=O) groups excluding carboxylic acids is 1. The van der Waals surface area contributed by atoms with Crippen LogP contribution in [-0.4, -0.2) is 15.8 Å². The topological polar surface area (TPSA) is 45.8 Å². The van der Waals surface area contributed by atoms with Gasteiger partial charge in [0.2, 0.25) is 0 Å². The summed E-state index contributed by atoms with van der Waals surface area (Å²) in [5, 5.41) is 2.96. The SMILES string of the molecule is O=C(Cc1ncc[nH]1)c1csc2ccccc12. The molecule has 0 aliphatic heterocycles. The van der Waals surface area contributed by atoms with Gasteiger partial charge in [0.05, 0.1) is 6.42 Å². The average Bonchev–Trinajstić information content (AvgIpc) is 2.96. The highest BCUT2D eigenvalue weighted by Crippen LogP contribution is 2.26. The van der Waals surface area contributed by atoms with Crippen molar-refractivity contribution in [2.45, 2.75) is 6.42 Å². The van der Waals surface area contributed by atoms with E-state index in [1.54, 1.807) is 23.7 Å². The molecule has 0 bridgehead atoms. The Kier molecular flexibility index (Phi) is 2.49. The molecule has 0 saturated carbocycles. The van der Waals surface area contributed by atoms with Crippen molar-refractivity contribution < 1.29 is 4.79 Å². The minimum Gasteiger partial charge on any atom is -0.348 e. The molecule has 3 nitrogen and oxygen atoms in total. The van der Waals surface area contributed by atoms with Gasteiger partial charge in [-0.15, -0.1) is 11.3 Å². The molecule has 0 atom stereocenters. The number of rotatable bonds is 3. The molecule has 0 amide bonds.